The van der Waals surface area contributed by atoms with Gasteiger partial charge >= 0.3 is 0 Å². The topological polar surface area (TPSA) is 63.5 Å². The second kappa shape index (κ2) is 4.44. The van der Waals surface area contributed by atoms with Gasteiger partial charge in [-0.3, -0.25) is 14.9 Å². The van der Waals surface area contributed by atoms with Gasteiger partial charge in [0.2, 0.25) is 0 Å². The quantitative estimate of drug-likeness (QED) is 0.636. The van der Waals surface area contributed by atoms with Crippen molar-refractivity contribution in [2.75, 3.05) is 7.05 Å². The number of benzene rings is 1. The summed E-state index contributed by atoms with van der Waals surface area (Å²) < 4.78 is 0.252. The Labute approximate surface area is 107 Å². The van der Waals surface area contributed by atoms with Crippen molar-refractivity contribution in [2.24, 2.45) is 0 Å². The number of amides is 1. The van der Waals surface area contributed by atoms with E-state index in [-0.39, 0.29) is 22.1 Å². The molecule has 90 valence electrons. The summed E-state index contributed by atoms with van der Waals surface area (Å²) in [5.41, 5.74) is 0.258. The fraction of sp³-hybridized carbons (Fsp3) is 0.364. The molecule has 0 heterocycles. The van der Waals surface area contributed by atoms with E-state index in [1.165, 1.54) is 12.1 Å². The van der Waals surface area contributed by atoms with Crippen LogP contribution in [-0.2, 0) is 0 Å². The number of hydrogen-bond donors (Lipinski definition) is 0. The molecule has 1 aliphatic carbocycles. The van der Waals surface area contributed by atoms with Gasteiger partial charge in [-0.05, 0) is 34.8 Å². The molecule has 0 radical (unpaired) electrons. The Morgan fingerprint density at radius 3 is 2.71 bits per heavy atom. The van der Waals surface area contributed by atoms with Crippen LogP contribution >= 0.6 is 15.9 Å². The molecule has 0 aliphatic heterocycles. The summed E-state index contributed by atoms with van der Waals surface area (Å²) in [5, 5.41) is 10.8. The van der Waals surface area contributed by atoms with Gasteiger partial charge in [0.15, 0.2) is 0 Å². The van der Waals surface area contributed by atoms with Crippen molar-refractivity contribution >= 4 is 27.5 Å². The van der Waals surface area contributed by atoms with E-state index < -0.39 is 4.92 Å². The van der Waals surface area contributed by atoms with Crippen molar-refractivity contribution in [1.29, 1.82) is 0 Å². The molecule has 17 heavy (non-hydrogen) atoms. The van der Waals surface area contributed by atoms with Crippen molar-refractivity contribution < 1.29 is 9.72 Å². The summed E-state index contributed by atoms with van der Waals surface area (Å²) >= 11 is 3.13. The zero-order valence-corrected chi connectivity index (χ0v) is 10.8. The summed E-state index contributed by atoms with van der Waals surface area (Å²) in [6.45, 7) is 0. The fourth-order valence-corrected chi connectivity index (χ4v) is 2.22. The van der Waals surface area contributed by atoms with Crippen molar-refractivity contribution in [3.63, 3.8) is 0 Å². The molecule has 0 spiro atoms. The van der Waals surface area contributed by atoms with Crippen LogP contribution < -0.4 is 0 Å². The average molecular weight is 299 g/mol. The highest BCUT2D eigenvalue weighted by molar-refractivity contribution is 9.10. The molecule has 1 amide bonds. The Kier molecular flexibility index (Phi) is 3.15. The molecule has 1 fully saturated rings. The second-order valence-electron chi connectivity index (χ2n) is 4.04. The van der Waals surface area contributed by atoms with Crippen LogP contribution in [0.2, 0.25) is 0 Å². The number of rotatable bonds is 3. The monoisotopic (exact) mass is 298 g/mol. The van der Waals surface area contributed by atoms with Gasteiger partial charge in [-0.2, -0.15) is 0 Å². The van der Waals surface area contributed by atoms with Crippen LogP contribution in [0.4, 0.5) is 5.69 Å². The minimum atomic E-state index is -0.502. The van der Waals surface area contributed by atoms with E-state index in [1.54, 1.807) is 18.0 Å². The molecule has 0 bridgehead atoms. The van der Waals surface area contributed by atoms with Crippen LogP contribution in [-0.4, -0.2) is 28.8 Å². The molecule has 0 N–H and O–H groups in total. The van der Waals surface area contributed by atoms with Crippen molar-refractivity contribution in [3.05, 3.63) is 38.3 Å². The van der Waals surface area contributed by atoms with Crippen molar-refractivity contribution in [2.45, 2.75) is 18.9 Å². The van der Waals surface area contributed by atoms with Crippen LogP contribution in [0.25, 0.3) is 0 Å². The maximum Gasteiger partial charge on any atom is 0.284 e. The average Bonchev–Trinajstić information content (AvgIpc) is 3.11. The van der Waals surface area contributed by atoms with Crippen LogP contribution in [0.3, 0.4) is 0 Å². The molecular weight excluding hydrogens is 288 g/mol. The van der Waals surface area contributed by atoms with E-state index in [1.807, 2.05) is 0 Å². The summed E-state index contributed by atoms with van der Waals surface area (Å²) in [6, 6.07) is 4.78. The Morgan fingerprint density at radius 2 is 2.18 bits per heavy atom. The molecule has 0 atom stereocenters. The number of nitro groups is 1. The highest BCUT2D eigenvalue weighted by Crippen LogP contribution is 2.32. The lowest BCUT2D eigenvalue weighted by Crippen LogP contribution is -2.29. The molecule has 0 unspecified atom stereocenters. The number of nitrogens with zero attached hydrogens (tertiary/aromatic N) is 2. The van der Waals surface area contributed by atoms with Gasteiger partial charge in [-0.25, -0.2) is 0 Å². The van der Waals surface area contributed by atoms with Crippen molar-refractivity contribution in [1.82, 2.24) is 4.90 Å². The predicted octanol–water partition coefficient (Wildman–Crippen LogP) is 2.59. The molecule has 5 nitrogen and oxygen atoms in total. The van der Waals surface area contributed by atoms with Crippen LogP contribution in [0.15, 0.2) is 22.7 Å². The Hall–Kier alpha value is -1.43. The standard InChI is InChI=1S/C11H11BrN2O3/c1-13(7-5-6-7)11(15)8-3-2-4-9(10(8)12)14(16)17/h2-4,7H,5-6H2,1H3. The normalized spacial score (nSPS) is 14.5. The molecule has 1 aromatic rings. The third-order valence-corrected chi connectivity index (χ3v) is 3.65. The number of halogens is 1. The Morgan fingerprint density at radius 1 is 1.53 bits per heavy atom. The smallest absolute Gasteiger partial charge is 0.284 e. The van der Waals surface area contributed by atoms with Crippen LogP contribution in [0.1, 0.15) is 23.2 Å². The van der Waals surface area contributed by atoms with Crippen LogP contribution in [0, 0.1) is 10.1 Å². The second-order valence-corrected chi connectivity index (χ2v) is 4.84. The van der Waals surface area contributed by atoms with E-state index in [9.17, 15) is 14.9 Å². The molecule has 0 aromatic heterocycles. The Balaban J connectivity index is 2.34. The maximum absolute atomic E-state index is 12.1. The van der Waals surface area contributed by atoms with Gasteiger partial charge in [0.1, 0.15) is 4.47 Å². The number of carbonyl (C=O) groups is 1. The summed E-state index contributed by atoms with van der Waals surface area (Å²) in [4.78, 5) is 24.0. The van der Waals surface area contributed by atoms with Gasteiger partial charge in [0, 0.05) is 19.2 Å². The lowest BCUT2D eigenvalue weighted by molar-refractivity contribution is -0.385. The largest absolute Gasteiger partial charge is 0.339 e. The highest BCUT2D eigenvalue weighted by atomic mass is 79.9. The first kappa shape index (κ1) is 12.0. The molecule has 0 saturated heterocycles. The number of nitro benzene ring substituents is 1. The molecule has 1 aliphatic rings. The summed E-state index contributed by atoms with van der Waals surface area (Å²) in [6.07, 6.45) is 2.02. The predicted molar refractivity (Wildman–Crippen MR) is 65.9 cm³/mol. The van der Waals surface area contributed by atoms with Crippen LogP contribution in [0.5, 0.6) is 0 Å². The van der Waals surface area contributed by atoms with E-state index in [2.05, 4.69) is 15.9 Å². The maximum atomic E-state index is 12.1. The molecule has 6 heteroatoms. The van der Waals surface area contributed by atoms with E-state index in [4.69, 9.17) is 0 Å². The first-order valence-electron chi connectivity index (χ1n) is 5.22. The minimum absolute atomic E-state index is 0.0833. The zero-order valence-electron chi connectivity index (χ0n) is 9.22. The molecule has 1 aromatic carbocycles. The Bertz CT molecular complexity index is 486. The fourth-order valence-electron chi connectivity index (χ4n) is 1.64. The third-order valence-electron chi connectivity index (χ3n) is 2.82. The van der Waals surface area contributed by atoms with Gasteiger partial charge in [0.25, 0.3) is 11.6 Å². The van der Waals surface area contributed by atoms with Gasteiger partial charge < -0.3 is 4.90 Å². The van der Waals surface area contributed by atoms with Crippen molar-refractivity contribution in [3.8, 4) is 0 Å². The zero-order chi connectivity index (χ0) is 12.6. The summed E-state index contributed by atoms with van der Waals surface area (Å²) in [7, 11) is 1.73. The molecule has 2 rings (SSSR count). The lowest BCUT2D eigenvalue weighted by Gasteiger charge is -2.16. The van der Waals surface area contributed by atoms with E-state index in [0.29, 0.717) is 5.56 Å². The first-order valence-corrected chi connectivity index (χ1v) is 6.01. The summed E-state index contributed by atoms with van der Waals surface area (Å²) in [5.74, 6) is -0.178. The molecule has 1 saturated carbocycles. The van der Waals surface area contributed by atoms with Gasteiger partial charge in [0.05, 0.1) is 10.5 Å². The molecular formula is C11H11BrN2O3. The first-order chi connectivity index (χ1) is 8.02. The van der Waals surface area contributed by atoms with Gasteiger partial charge in [-0.15, -0.1) is 0 Å². The third kappa shape index (κ3) is 2.31. The SMILES string of the molecule is CN(C(=O)c1cccc([N+](=O)[O-])c1Br)C1CC1. The van der Waals surface area contributed by atoms with E-state index in [0.717, 1.165) is 12.8 Å². The number of carbonyl (C=O) groups excluding carboxylic acids is 1. The van der Waals surface area contributed by atoms with E-state index >= 15 is 0 Å². The number of hydrogen-bond acceptors (Lipinski definition) is 3. The van der Waals surface area contributed by atoms with Gasteiger partial charge in [-0.1, -0.05) is 6.07 Å². The highest BCUT2D eigenvalue weighted by Gasteiger charge is 2.31. The lowest BCUT2D eigenvalue weighted by atomic mass is 10.2. The minimum Gasteiger partial charge on any atom is -0.339 e.